The van der Waals surface area contributed by atoms with Crippen LogP contribution in [-0.4, -0.2) is 79.6 Å². The van der Waals surface area contributed by atoms with E-state index in [2.05, 4.69) is 9.88 Å². The van der Waals surface area contributed by atoms with Crippen LogP contribution in [0.25, 0.3) is 0 Å². The lowest BCUT2D eigenvalue weighted by Crippen LogP contribution is -2.44. The maximum atomic E-state index is 13.1. The van der Waals surface area contributed by atoms with Gasteiger partial charge in [-0.2, -0.15) is 0 Å². The highest BCUT2D eigenvalue weighted by Crippen LogP contribution is 2.32. The molecule has 0 N–H and O–H groups in total. The van der Waals surface area contributed by atoms with Crippen LogP contribution in [0.1, 0.15) is 55.3 Å². The van der Waals surface area contributed by atoms with Crippen LogP contribution in [-0.2, 0) is 9.53 Å². The Labute approximate surface area is 185 Å². The number of hydrogen-bond donors (Lipinski definition) is 0. The van der Waals surface area contributed by atoms with Crippen molar-refractivity contribution in [2.45, 2.75) is 44.9 Å². The van der Waals surface area contributed by atoms with Gasteiger partial charge in [0.2, 0.25) is 5.91 Å². The Morgan fingerprint density at radius 3 is 2.55 bits per heavy atom. The molecule has 1 atom stereocenters. The van der Waals surface area contributed by atoms with Crippen molar-refractivity contribution in [3.63, 3.8) is 0 Å². The number of anilines is 1. The van der Waals surface area contributed by atoms with Gasteiger partial charge in [0.05, 0.1) is 6.61 Å². The number of rotatable bonds is 6. The van der Waals surface area contributed by atoms with Gasteiger partial charge in [0.25, 0.3) is 5.91 Å². The molecular formula is C24H36N4O3. The van der Waals surface area contributed by atoms with Crippen LogP contribution >= 0.6 is 0 Å². The minimum atomic E-state index is 0.0928. The lowest BCUT2D eigenvalue weighted by molar-refractivity contribution is -0.137. The molecule has 3 saturated heterocycles. The highest BCUT2D eigenvalue weighted by atomic mass is 16.5. The van der Waals surface area contributed by atoms with E-state index in [9.17, 15) is 9.59 Å². The summed E-state index contributed by atoms with van der Waals surface area (Å²) in [4.78, 5) is 36.9. The van der Waals surface area contributed by atoms with E-state index < -0.39 is 0 Å². The van der Waals surface area contributed by atoms with E-state index in [1.165, 1.54) is 12.8 Å². The van der Waals surface area contributed by atoms with E-state index in [1.54, 1.807) is 13.3 Å². The normalized spacial score (nSPS) is 23.3. The standard InChI is InChI=1S/C24H36N4O3/c1-31-17-16-27-13-3-2-6-21(24(27)30)19-8-14-28(15-9-19)23(29)20-7-10-25-22(18-20)26-11-4-5-12-26/h7,10,18-19,21H,2-6,8-9,11-17H2,1H3. The molecule has 4 heterocycles. The third-order valence-corrected chi connectivity index (χ3v) is 7.21. The van der Waals surface area contributed by atoms with Gasteiger partial charge in [-0.15, -0.1) is 0 Å². The fraction of sp³-hybridized carbons (Fsp3) is 0.708. The average molecular weight is 429 g/mol. The fourth-order valence-corrected chi connectivity index (χ4v) is 5.35. The molecule has 0 aromatic carbocycles. The van der Waals surface area contributed by atoms with Crippen molar-refractivity contribution in [1.82, 2.24) is 14.8 Å². The fourth-order valence-electron chi connectivity index (χ4n) is 5.35. The van der Waals surface area contributed by atoms with E-state index in [4.69, 9.17) is 4.74 Å². The number of hydrogen-bond acceptors (Lipinski definition) is 5. The lowest BCUT2D eigenvalue weighted by Gasteiger charge is -2.36. The molecule has 0 saturated carbocycles. The maximum Gasteiger partial charge on any atom is 0.254 e. The molecule has 4 rings (SSSR count). The second kappa shape index (κ2) is 10.4. The number of piperidine rings is 1. The van der Waals surface area contributed by atoms with Crippen LogP contribution < -0.4 is 4.90 Å². The SMILES string of the molecule is COCCN1CCCCC(C2CCN(C(=O)c3ccnc(N4CCCC4)c3)CC2)C1=O. The minimum absolute atomic E-state index is 0.0928. The highest BCUT2D eigenvalue weighted by molar-refractivity contribution is 5.95. The number of pyridine rings is 1. The van der Waals surface area contributed by atoms with Gasteiger partial charge in [-0.3, -0.25) is 9.59 Å². The Bertz CT molecular complexity index is 757. The van der Waals surface area contributed by atoms with Crippen molar-refractivity contribution in [2.24, 2.45) is 11.8 Å². The van der Waals surface area contributed by atoms with Gasteiger partial charge in [-0.25, -0.2) is 4.98 Å². The van der Waals surface area contributed by atoms with Gasteiger partial charge in [-0.1, -0.05) is 6.42 Å². The number of ether oxygens (including phenoxy) is 1. The van der Waals surface area contributed by atoms with Gasteiger partial charge < -0.3 is 19.4 Å². The van der Waals surface area contributed by atoms with Crippen LogP contribution in [0.15, 0.2) is 18.3 Å². The molecule has 0 bridgehead atoms. The van der Waals surface area contributed by atoms with Crippen LogP contribution in [0.3, 0.4) is 0 Å². The molecule has 3 aliphatic rings. The highest BCUT2D eigenvalue weighted by Gasteiger charge is 2.36. The Hall–Kier alpha value is -2.15. The van der Waals surface area contributed by atoms with Crippen LogP contribution in [0, 0.1) is 11.8 Å². The summed E-state index contributed by atoms with van der Waals surface area (Å²) in [5.74, 6) is 1.77. The van der Waals surface area contributed by atoms with Crippen molar-refractivity contribution in [1.29, 1.82) is 0 Å². The number of amides is 2. The van der Waals surface area contributed by atoms with E-state index in [0.717, 1.165) is 76.2 Å². The summed E-state index contributed by atoms with van der Waals surface area (Å²) in [6, 6.07) is 3.78. The topological polar surface area (TPSA) is 66.0 Å². The van der Waals surface area contributed by atoms with Crippen molar-refractivity contribution < 1.29 is 14.3 Å². The molecule has 7 heteroatoms. The largest absolute Gasteiger partial charge is 0.383 e. The second-order valence-corrected chi connectivity index (χ2v) is 9.15. The average Bonchev–Trinajstić information content (AvgIpc) is 3.29. The number of aromatic nitrogens is 1. The number of nitrogens with zero attached hydrogens (tertiary/aromatic N) is 4. The summed E-state index contributed by atoms with van der Waals surface area (Å²) in [6.45, 7) is 5.62. The summed E-state index contributed by atoms with van der Waals surface area (Å²) >= 11 is 0. The number of methoxy groups -OCH3 is 1. The lowest BCUT2D eigenvalue weighted by atomic mass is 9.81. The minimum Gasteiger partial charge on any atom is -0.383 e. The Balaban J connectivity index is 1.35. The molecule has 0 radical (unpaired) electrons. The molecule has 7 nitrogen and oxygen atoms in total. The molecule has 2 amide bonds. The van der Waals surface area contributed by atoms with Gasteiger partial charge in [-0.05, 0) is 56.6 Å². The molecule has 31 heavy (non-hydrogen) atoms. The summed E-state index contributed by atoms with van der Waals surface area (Å²) in [7, 11) is 1.68. The zero-order chi connectivity index (χ0) is 21.6. The Morgan fingerprint density at radius 2 is 1.81 bits per heavy atom. The zero-order valence-electron chi connectivity index (χ0n) is 18.8. The van der Waals surface area contributed by atoms with Gasteiger partial charge >= 0.3 is 0 Å². The van der Waals surface area contributed by atoms with E-state index in [-0.39, 0.29) is 11.8 Å². The third kappa shape index (κ3) is 5.20. The molecule has 170 valence electrons. The Morgan fingerprint density at radius 1 is 1.06 bits per heavy atom. The van der Waals surface area contributed by atoms with Crippen molar-refractivity contribution in [2.75, 3.05) is 57.9 Å². The zero-order valence-corrected chi connectivity index (χ0v) is 18.8. The molecule has 1 aromatic rings. The number of carbonyl (C=O) groups is 2. The maximum absolute atomic E-state index is 13.1. The van der Waals surface area contributed by atoms with Crippen molar-refractivity contribution >= 4 is 17.6 Å². The number of likely N-dealkylation sites (tertiary alicyclic amines) is 2. The van der Waals surface area contributed by atoms with Crippen LogP contribution in [0.4, 0.5) is 5.82 Å². The van der Waals surface area contributed by atoms with Crippen molar-refractivity contribution in [3.05, 3.63) is 23.9 Å². The summed E-state index contributed by atoms with van der Waals surface area (Å²) < 4.78 is 5.19. The van der Waals surface area contributed by atoms with Gasteiger partial charge in [0.1, 0.15) is 5.82 Å². The Kier molecular flexibility index (Phi) is 7.43. The first-order valence-corrected chi connectivity index (χ1v) is 12.0. The molecule has 1 unspecified atom stereocenters. The molecule has 0 spiro atoms. The first kappa shape index (κ1) is 22.1. The third-order valence-electron chi connectivity index (χ3n) is 7.21. The molecule has 3 fully saturated rings. The van der Waals surface area contributed by atoms with E-state index in [0.29, 0.717) is 25.0 Å². The summed E-state index contributed by atoms with van der Waals surface area (Å²) in [6.07, 6.45) is 9.11. The monoisotopic (exact) mass is 428 g/mol. The molecular weight excluding hydrogens is 392 g/mol. The first-order valence-electron chi connectivity index (χ1n) is 12.0. The van der Waals surface area contributed by atoms with Gasteiger partial charge in [0, 0.05) is 64.1 Å². The predicted octanol–water partition coefficient (Wildman–Crippen LogP) is 2.81. The van der Waals surface area contributed by atoms with Crippen LogP contribution in [0.2, 0.25) is 0 Å². The molecule has 1 aromatic heterocycles. The van der Waals surface area contributed by atoms with E-state index >= 15 is 0 Å². The quantitative estimate of drug-likeness (QED) is 0.697. The van der Waals surface area contributed by atoms with E-state index in [1.807, 2.05) is 21.9 Å². The summed E-state index contributed by atoms with van der Waals surface area (Å²) in [5.41, 5.74) is 0.728. The van der Waals surface area contributed by atoms with Crippen LogP contribution in [0.5, 0.6) is 0 Å². The second-order valence-electron chi connectivity index (χ2n) is 9.15. The summed E-state index contributed by atoms with van der Waals surface area (Å²) in [5, 5.41) is 0. The van der Waals surface area contributed by atoms with Gasteiger partial charge in [0.15, 0.2) is 0 Å². The first-order chi connectivity index (χ1) is 15.2. The number of carbonyl (C=O) groups excluding carboxylic acids is 2. The van der Waals surface area contributed by atoms with Crippen molar-refractivity contribution in [3.8, 4) is 0 Å². The smallest absolute Gasteiger partial charge is 0.254 e. The molecule has 0 aliphatic carbocycles. The molecule has 3 aliphatic heterocycles. The predicted molar refractivity (Wildman–Crippen MR) is 120 cm³/mol.